The summed E-state index contributed by atoms with van der Waals surface area (Å²) in [5.74, 6) is 0. The Balaban J connectivity index is 1.04. The van der Waals surface area contributed by atoms with Crippen molar-refractivity contribution in [2.45, 2.75) is 52.0 Å². The zero-order valence-corrected chi connectivity index (χ0v) is 53.6. The fraction of sp³-hybridized carbons (Fsp3) is 0.0952. The zero-order valence-electron chi connectivity index (χ0n) is 52.0. The molecule has 0 unspecified atom stereocenters. The molecule has 12 aromatic carbocycles. The van der Waals surface area contributed by atoms with Gasteiger partial charge in [-0.05, 0) is 161 Å². The minimum Gasteiger partial charge on any atom is -0.341 e. The van der Waals surface area contributed by atoms with Crippen LogP contribution in [0, 0.1) is 45.3 Å². The predicted octanol–water partition coefficient (Wildman–Crippen LogP) is 22.7. The number of hydrogen-bond donors (Lipinski definition) is 0. The van der Waals surface area contributed by atoms with Gasteiger partial charge in [0.25, 0.3) is 0 Å². The van der Waals surface area contributed by atoms with Crippen LogP contribution in [0.15, 0.2) is 224 Å². The molecule has 0 bridgehead atoms. The minimum atomic E-state index is -0.254. The average molecular weight is 1240 g/mol. The van der Waals surface area contributed by atoms with Crippen molar-refractivity contribution in [3.8, 4) is 52.2 Å². The lowest BCUT2D eigenvalue weighted by Crippen LogP contribution is -2.15. The summed E-state index contributed by atoms with van der Waals surface area (Å²) >= 11 is 3.55. The molecule has 16 aromatic rings. The Hall–Kier alpha value is -11.8. The minimum absolute atomic E-state index is 0.251. The second-order valence-electron chi connectivity index (χ2n) is 25.9. The molecule has 0 atom stereocenters. The van der Waals surface area contributed by atoms with Gasteiger partial charge in [0.15, 0.2) is 0 Å². The summed E-state index contributed by atoms with van der Waals surface area (Å²) in [6.45, 7) is 12.2. The summed E-state index contributed by atoms with van der Waals surface area (Å²) in [4.78, 5) is 4.58. The maximum atomic E-state index is 10.8. The Morgan fingerprint density at radius 2 is 0.819 bits per heavy atom. The third-order valence-electron chi connectivity index (χ3n) is 20.3. The zero-order chi connectivity index (χ0) is 63.6. The van der Waals surface area contributed by atoms with Gasteiger partial charge in [-0.1, -0.05) is 143 Å². The topological polar surface area (TPSA) is 112 Å². The lowest BCUT2D eigenvalue weighted by Gasteiger charge is -2.28. The van der Waals surface area contributed by atoms with Crippen LogP contribution < -0.4 is 9.80 Å². The normalized spacial score (nSPS) is 13.3. The second kappa shape index (κ2) is 20.1. The fourth-order valence-corrected chi connectivity index (χ4v) is 18.6. The molecular formula is C84H54N8S2. The first-order valence-corrected chi connectivity index (χ1v) is 33.3. The van der Waals surface area contributed by atoms with Crippen LogP contribution in [0.3, 0.4) is 0 Å². The molecule has 10 heteroatoms. The van der Waals surface area contributed by atoms with E-state index in [0.717, 1.165) is 125 Å². The standard InChI is InChI=1S/C84H54N8S2/c1-6-89-69-24-14-9-19-59(69)64-41-54(29-32-70(64)89)92-72-43-74(91(56-37-50(46-87)34-51(38-56)47-88)53-28-31-68-63(40-53)58-18-8-13-23-66(58)84(68,4)5)81-78(61-21-11-16-26-76(61)93-81)79(72)80-73(92)42-71(77-60-20-10-15-25-75(60)94-82(77)80)90(55-35-48(44-85)33-49(36-55)45-86)52-27-30-67-62(39-52)57-17-7-12-22-65(57)83(67,2)3/h7-43H,6H2,1-5H3. The highest BCUT2D eigenvalue weighted by Crippen LogP contribution is 2.58. The van der Waals surface area contributed by atoms with Crippen LogP contribution in [-0.4, -0.2) is 9.13 Å². The SMILES string of the molecule is CCn1c2ccccc2c2cc(-n3c4cc(N(c5cc(C#N)cc(C#N)c5)c5ccc6c(c5)-c5ccccc5C6(C)C)c5c6ccccc6sc5c4c4c5c(sc6ccccc65)c(N(c5cc(C#N)cc(C#N)c5)c5ccc6c(c5)-c5ccccc5C6(C)C)cc43)ccc21. The monoisotopic (exact) mass is 1240 g/mol. The van der Waals surface area contributed by atoms with Gasteiger partial charge in [-0.15, -0.1) is 22.7 Å². The molecule has 18 rings (SSSR count). The van der Waals surface area contributed by atoms with Crippen molar-refractivity contribution in [3.05, 3.63) is 269 Å². The number of aromatic nitrogens is 2. The second-order valence-corrected chi connectivity index (χ2v) is 28.0. The number of rotatable bonds is 8. The molecule has 0 aliphatic heterocycles. The van der Waals surface area contributed by atoms with Gasteiger partial charge in [0.2, 0.25) is 0 Å². The van der Waals surface area contributed by atoms with Crippen LogP contribution in [0.4, 0.5) is 34.1 Å². The average Bonchev–Trinajstić information content (AvgIpc) is 1.52. The largest absolute Gasteiger partial charge is 0.341 e. The Labute approximate surface area is 550 Å². The summed E-state index contributed by atoms with van der Waals surface area (Å²) in [7, 11) is 0. The first-order chi connectivity index (χ1) is 45.9. The Bertz CT molecular complexity index is 6190. The molecule has 4 heterocycles. The van der Waals surface area contributed by atoms with Crippen LogP contribution in [0.25, 0.3) is 112 Å². The van der Waals surface area contributed by atoms with Crippen LogP contribution in [0.1, 0.15) is 79.1 Å². The number of hydrogen-bond acceptors (Lipinski definition) is 8. The molecule has 8 nitrogen and oxygen atoms in total. The van der Waals surface area contributed by atoms with Gasteiger partial charge in [-0.2, -0.15) is 21.0 Å². The van der Waals surface area contributed by atoms with Crippen molar-refractivity contribution in [2.24, 2.45) is 0 Å². The number of para-hydroxylation sites is 1. The van der Waals surface area contributed by atoms with E-state index in [4.69, 9.17) is 0 Å². The number of aryl methyl sites for hydroxylation is 1. The van der Waals surface area contributed by atoms with E-state index in [1.165, 1.54) is 38.9 Å². The number of benzene rings is 12. The molecule has 0 saturated carbocycles. The van der Waals surface area contributed by atoms with E-state index >= 15 is 0 Å². The summed E-state index contributed by atoms with van der Waals surface area (Å²) in [6.07, 6.45) is 0. The Morgan fingerprint density at radius 3 is 1.38 bits per heavy atom. The molecule has 442 valence electrons. The van der Waals surface area contributed by atoms with Crippen molar-refractivity contribution in [1.29, 1.82) is 21.0 Å². The van der Waals surface area contributed by atoms with Crippen molar-refractivity contribution in [2.75, 3.05) is 9.80 Å². The molecule has 94 heavy (non-hydrogen) atoms. The maximum Gasteiger partial charge on any atom is 0.0992 e. The molecule has 0 radical (unpaired) electrons. The molecule has 0 N–H and O–H groups in total. The van der Waals surface area contributed by atoms with Crippen molar-refractivity contribution in [1.82, 2.24) is 9.13 Å². The summed E-state index contributed by atoms with van der Waals surface area (Å²) in [5.41, 5.74) is 20.8. The third kappa shape index (κ3) is 7.67. The molecule has 2 aliphatic carbocycles. The number of fused-ring (bicyclic) bond motifs is 20. The Kier molecular flexibility index (Phi) is 11.8. The lowest BCUT2D eigenvalue weighted by molar-refractivity contribution is 0.660. The van der Waals surface area contributed by atoms with Gasteiger partial charge in [0, 0.05) is 114 Å². The Morgan fingerprint density at radius 1 is 0.362 bits per heavy atom. The molecule has 0 saturated heterocycles. The van der Waals surface area contributed by atoms with Gasteiger partial charge in [0.05, 0.1) is 73.6 Å². The van der Waals surface area contributed by atoms with Gasteiger partial charge < -0.3 is 18.9 Å². The quantitative estimate of drug-likeness (QED) is 0.150. The van der Waals surface area contributed by atoms with Crippen LogP contribution >= 0.6 is 22.7 Å². The first-order valence-electron chi connectivity index (χ1n) is 31.7. The van der Waals surface area contributed by atoms with E-state index in [9.17, 15) is 21.0 Å². The predicted molar refractivity (Wildman–Crippen MR) is 389 cm³/mol. The highest BCUT2D eigenvalue weighted by atomic mass is 32.1. The van der Waals surface area contributed by atoms with E-state index < -0.39 is 0 Å². The van der Waals surface area contributed by atoms with Gasteiger partial charge in [-0.3, -0.25) is 0 Å². The summed E-state index contributed by atoms with van der Waals surface area (Å²) in [6, 6.07) is 89.5. The smallest absolute Gasteiger partial charge is 0.0992 e. The van der Waals surface area contributed by atoms with Crippen LogP contribution in [-0.2, 0) is 17.4 Å². The van der Waals surface area contributed by atoms with Gasteiger partial charge in [0.1, 0.15) is 0 Å². The van der Waals surface area contributed by atoms with E-state index in [-0.39, 0.29) is 10.8 Å². The summed E-state index contributed by atoms with van der Waals surface area (Å²) < 4.78 is 9.26. The molecule has 0 fully saturated rings. The van der Waals surface area contributed by atoms with Crippen LogP contribution in [0.2, 0.25) is 0 Å². The number of thiophene rings is 2. The number of nitrogens with zero attached hydrogens (tertiary/aromatic N) is 8. The highest BCUT2D eigenvalue weighted by Gasteiger charge is 2.38. The van der Waals surface area contributed by atoms with Crippen molar-refractivity contribution < 1.29 is 0 Å². The molecule has 2 aliphatic rings. The number of nitriles is 4. The van der Waals surface area contributed by atoms with Crippen molar-refractivity contribution in [3.63, 3.8) is 0 Å². The van der Waals surface area contributed by atoms with Gasteiger partial charge >= 0.3 is 0 Å². The third-order valence-corrected chi connectivity index (χ3v) is 22.7. The van der Waals surface area contributed by atoms with E-state index in [1.54, 1.807) is 34.8 Å². The summed E-state index contributed by atoms with van der Waals surface area (Å²) in [5, 5.41) is 52.1. The lowest BCUT2D eigenvalue weighted by atomic mass is 9.82. The molecule has 0 amide bonds. The van der Waals surface area contributed by atoms with Crippen molar-refractivity contribution >= 4 is 141 Å². The van der Waals surface area contributed by atoms with Gasteiger partial charge in [-0.25, -0.2) is 0 Å². The highest BCUT2D eigenvalue weighted by molar-refractivity contribution is 7.27. The van der Waals surface area contributed by atoms with E-state index in [0.29, 0.717) is 33.6 Å². The number of anilines is 6. The molecule has 4 aromatic heterocycles. The maximum absolute atomic E-state index is 10.8. The molecular weight excluding hydrogens is 1190 g/mol. The fourth-order valence-electron chi connectivity index (χ4n) is 16.1. The van der Waals surface area contributed by atoms with E-state index in [2.05, 4.69) is 266 Å². The first kappa shape index (κ1) is 55.1. The molecule has 0 spiro atoms. The van der Waals surface area contributed by atoms with E-state index in [1.807, 2.05) is 24.3 Å². The van der Waals surface area contributed by atoms with Crippen LogP contribution in [0.5, 0.6) is 0 Å².